The minimum absolute atomic E-state index is 0.0570. The van der Waals surface area contributed by atoms with E-state index in [1.165, 1.54) is 0 Å². The van der Waals surface area contributed by atoms with Gasteiger partial charge in [0.2, 0.25) is 0 Å². The summed E-state index contributed by atoms with van der Waals surface area (Å²) >= 11 is 0. The summed E-state index contributed by atoms with van der Waals surface area (Å²) in [5.41, 5.74) is 2.75. The molecule has 9 aliphatic carbocycles. The van der Waals surface area contributed by atoms with Gasteiger partial charge in [-0.15, -0.1) is 0 Å². The molecule has 8 saturated carbocycles. The Balaban J connectivity index is 0.703. The van der Waals surface area contributed by atoms with Gasteiger partial charge in [-0.1, -0.05) is 65.8 Å². The van der Waals surface area contributed by atoms with Gasteiger partial charge >= 0.3 is 0 Å². The molecule has 0 bridgehead atoms. The number of aliphatic hydroxyl groups is 6. The summed E-state index contributed by atoms with van der Waals surface area (Å²) in [5.74, 6) is 3.34. The Labute approximate surface area is 430 Å². The van der Waals surface area contributed by atoms with Crippen LogP contribution in [0, 0.1) is 92.7 Å². The van der Waals surface area contributed by atoms with Crippen molar-refractivity contribution in [2.24, 2.45) is 92.7 Å². The van der Waals surface area contributed by atoms with Gasteiger partial charge in [0.25, 0.3) is 0 Å². The second kappa shape index (κ2) is 19.0. The molecule has 2 aromatic rings. The van der Waals surface area contributed by atoms with Crippen molar-refractivity contribution in [3.8, 4) is 0 Å². The van der Waals surface area contributed by atoms with Crippen molar-refractivity contribution in [2.45, 2.75) is 194 Å². The highest BCUT2D eigenvalue weighted by Gasteiger charge is 2.67. The van der Waals surface area contributed by atoms with E-state index in [1.54, 1.807) is 12.1 Å². The first-order chi connectivity index (χ1) is 34.3. The number of hydrogen-bond acceptors (Lipinski definition) is 10. The van der Waals surface area contributed by atoms with Gasteiger partial charge in [0.05, 0.1) is 47.8 Å². The van der Waals surface area contributed by atoms with E-state index >= 15 is 0 Å². The third kappa shape index (κ3) is 7.87. The van der Waals surface area contributed by atoms with Crippen LogP contribution in [0.15, 0.2) is 36.4 Å². The fourth-order valence-corrected chi connectivity index (χ4v) is 20.5. The molecule has 9 aliphatic rings. The van der Waals surface area contributed by atoms with Crippen LogP contribution in [0.3, 0.4) is 0 Å². The molecule has 10 heteroatoms. The van der Waals surface area contributed by atoms with Crippen LogP contribution in [0.1, 0.15) is 189 Å². The maximum Gasteiger partial charge on any atom is 0.198 e. The summed E-state index contributed by atoms with van der Waals surface area (Å²) in [6.45, 7) is 15.4. The van der Waals surface area contributed by atoms with Crippen molar-refractivity contribution in [2.75, 3.05) is 23.7 Å². The van der Waals surface area contributed by atoms with Gasteiger partial charge in [-0.2, -0.15) is 0 Å². The minimum Gasteiger partial charge on any atom is -0.393 e. The van der Waals surface area contributed by atoms with Crippen LogP contribution in [0.25, 0.3) is 0 Å². The van der Waals surface area contributed by atoms with Crippen LogP contribution in [0.2, 0.25) is 0 Å². The number of rotatable bonds is 12. The first kappa shape index (κ1) is 51.3. The second-order valence-electron chi connectivity index (χ2n) is 27.3. The molecule has 0 aliphatic heterocycles. The average Bonchev–Trinajstić information content (AvgIpc) is 3.90. The van der Waals surface area contributed by atoms with Crippen molar-refractivity contribution < 1.29 is 40.2 Å². The van der Waals surface area contributed by atoms with Crippen LogP contribution in [-0.4, -0.2) is 91.9 Å². The van der Waals surface area contributed by atoms with E-state index < -0.39 is 12.2 Å². The number of carbonyl (C=O) groups excluding carboxylic acids is 2. The normalized spacial score (nSPS) is 45.8. The predicted octanol–water partition coefficient (Wildman–Crippen LogP) is 10.0. The number of nitrogens with one attached hydrogen (secondary N) is 2. The van der Waals surface area contributed by atoms with E-state index in [1.807, 2.05) is 24.3 Å². The highest BCUT2D eigenvalue weighted by atomic mass is 16.3. The Morgan fingerprint density at radius 3 is 1.36 bits per heavy atom. The number of anilines is 2. The molecule has 2 aromatic carbocycles. The molecule has 0 heterocycles. The zero-order valence-corrected chi connectivity index (χ0v) is 44.5. The Hall–Kier alpha value is -2.86. The fourth-order valence-electron chi connectivity index (χ4n) is 20.5. The summed E-state index contributed by atoms with van der Waals surface area (Å²) in [7, 11) is 0. The van der Waals surface area contributed by atoms with Gasteiger partial charge in [0.1, 0.15) is 0 Å². The minimum atomic E-state index is -0.412. The monoisotopic (exact) mass is 991 g/mol. The summed E-state index contributed by atoms with van der Waals surface area (Å²) in [4.78, 5) is 28.8. The molecule has 0 radical (unpaired) electrons. The SMILES string of the molecule is C[C@H](CCCNc1cccc2c1C(=O)c1c(NCCC[C@@H](C)[C@H]3CC[C@H]4[C@@H]5[C@H](O)CC6C[C@H](O)CC[C@]6(C)[C@H]5C[C@H](O)[C@]34C)cccc1C2=O)[C@H]1CC[C@H]2[C@@H]3[C@H](O)CC4C[C@H](O)CC[C@]4(C)[C@H]3C[C@H](O)[C@]12C. The highest BCUT2D eigenvalue weighted by molar-refractivity contribution is 6.31. The van der Waals surface area contributed by atoms with E-state index in [0.29, 0.717) is 82.2 Å². The zero-order valence-electron chi connectivity index (χ0n) is 44.5. The number of ketones is 2. The molecule has 396 valence electrons. The summed E-state index contributed by atoms with van der Waals surface area (Å²) < 4.78 is 0. The average molecular weight is 991 g/mol. The lowest BCUT2D eigenvalue weighted by atomic mass is 9.43. The summed E-state index contributed by atoms with van der Waals surface area (Å²) in [5, 5.41) is 76.0. The predicted molar refractivity (Wildman–Crippen MR) is 282 cm³/mol. The van der Waals surface area contributed by atoms with Crippen LogP contribution in [-0.2, 0) is 0 Å². The molecule has 0 aromatic heterocycles. The van der Waals surface area contributed by atoms with Gasteiger partial charge < -0.3 is 41.3 Å². The lowest BCUT2D eigenvalue weighted by Crippen LogP contribution is -2.62. The molecule has 10 nitrogen and oxygen atoms in total. The van der Waals surface area contributed by atoms with Gasteiger partial charge in [-0.25, -0.2) is 0 Å². The van der Waals surface area contributed by atoms with E-state index in [4.69, 9.17) is 0 Å². The molecular formula is C62H90N2O8. The van der Waals surface area contributed by atoms with Crippen LogP contribution < -0.4 is 10.6 Å². The van der Waals surface area contributed by atoms with Crippen LogP contribution in [0.4, 0.5) is 11.4 Å². The third-order valence-electron chi connectivity index (χ3n) is 24.4. The number of aliphatic hydroxyl groups excluding tert-OH is 6. The number of carbonyl (C=O) groups is 2. The first-order valence-corrected chi connectivity index (χ1v) is 29.2. The summed E-state index contributed by atoms with van der Waals surface area (Å²) in [6, 6.07) is 11.1. The Kier molecular flexibility index (Phi) is 13.5. The van der Waals surface area contributed by atoms with E-state index in [9.17, 15) is 40.2 Å². The Morgan fingerprint density at radius 1 is 0.528 bits per heavy atom. The Morgan fingerprint density at radius 2 is 0.944 bits per heavy atom. The van der Waals surface area contributed by atoms with Crippen molar-refractivity contribution in [3.63, 3.8) is 0 Å². The molecule has 72 heavy (non-hydrogen) atoms. The number of benzene rings is 2. The van der Waals surface area contributed by atoms with E-state index in [-0.39, 0.29) is 93.1 Å². The van der Waals surface area contributed by atoms with Gasteiger partial charge in [-0.3, -0.25) is 9.59 Å². The molecule has 11 rings (SSSR count). The quantitative estimate of drug-likeness (QED) is 0.0815. The fraction of sp³-hybridized carbons (Fsp3) is 0.774. The summed E-state index contributed by atoms with van der Waals surface area (Å²) in [6.07, 6.45) is 13.9. The Bertz CT molecular complexity index is 2220. The van der Waals surface area contributed by atoms with Gasteiger partial charge in [-0.05, 0) is 220 Å². The van der Waals surface area contributed by atoms with Crippen molar-refractivity contribution in [1.29, 1.82) is 0 Å². The largest absolute Gasteiger partial charge is 0.393 e. The molecule has 22 atom stereocenters. The first-order valence-electron chi connectivity index (χ1n) is 29.2. The van der Waals surface area contributed by atoms with Gasteiger partial charge in [0.15, 0.2) is 11.6 Å². The van der Waals surface area contributed by atoms with Crippen molar-refractivity contribution in [1.82, 2.24) is 0 Å². The molecule has 8 N–H and O–H groups in total. The second-order valence-corrected chi connectivity index (χ2v) is 27.3. The maximum atomic E-state index is 14.7. The highest BCUT2D eigenvalue weighted by Crippen LogP contribution is 2.70. The van der Waals surface area contributed by atoms with Crippen molar-refractivity contribution >= 4 is 22.9 Å². The molecule has 0 amide bonds. The molecule has 8 fully saturated rings. The number of hydrogen-bond donors (Lipinski definition) is 8. The maximum absolute atomic E-state index is 14.7. The lowest BCUT2D eigenvalue weighted by molar-refractivity contribution is -0.207. The lowest BCUT2D eigenvalue weighted by Gasteiger charge is -2.63. The topological polar surface area (TPSA) is 180 Å². The molecule has 0 saturated heterocycles. The van der Waals surface area contributed by atoms with E-state index in [2.05, 4.69) is 52.2 Å². The van der Waals surface area contributed by atoms with Crippen molar-refractivity contribution in [3.05, 3.63) is 58.7 Å². The molecule has 2 unspecified atom stereocenters. The smallest absolute Gasteiger partial charge is 0.198 e. The standard InChI is InChI=1S/C62H90N2O8/c1-33(41-17-19-43-55-45(31-51(69)61(41,43)5)59(3)23-21-37(65)27-35(59)29-49(55)67)11-9-25-63-47-15-7-13-39-53(47)58(72)54-40(57(39)71)14-8-16-48(54)64-26-10-12-34(2)42-18-20-44-56-46(32-52(70)62(42,44)6)60(4)24-22-38(66)28-36(60)30-50(56)68/h7-8,13-16,33-38,41-46,49-52,55-56,63-70H,9-12,17-32H2,1-6H3/t33-,34-,35?,36?,37-,38-,41-,42-,43+,44+,45+,46+,49-,50-,51+,52+,55+,56+,59+,60+,61-,62-/m1/s1. The molecule has 0 spiro atoms. The molecular weight excluding hydrogens is 901 g/mol. The number of fused-ring (bicyclic) bond motifs is 12. The zero-order chi connectivity index (χ0) is 50.8. The van der Waals surface area contributed by atoms with E-state index in [0.717, 1.165) is 116 Å². The van der Waals surface area contributed by atoms with Crippen LogP contribution >= 0.6 is 0 Å². The van der Waals surface area contributed by atoms with Crippen LogP contribution in [0.5, 0.6) is 0 Å². The third-order valence-corrected chi connectivity index (χ3v) is 24.4. The van der Waals surface area contributed by atoms with Gasteiger partial charge in [0, 0.05) is 35.6 Å².